The lowest BCUT2D eigenvalue weighted by Gasteiger charge is -2.33. The van der Waals surface area contributed by atoms with Gasteiger partial charge < -0.3 is 20.5 Å². The molecule has 0 bridgehead atoms. The Balaban J connectivity index is 2.52. The molecular weight excluding hydrogens is 200 g/mol. The van der Waals surface area contributed by atoms with Gasteiger partial charge in [-0.3, -0.25) is 4.79 Å². The van der Waals surface area contributed by atoms with Crippen molar-refractivity contribution in [2.45, 2.75) is 19.4 Å². The van der Waals surface area contributed by atoms with Gasteiger partial charge in [0.15, 0.2) is 0 Å². The number of rotatable bonds is 2. The van der Waals surface area contributed by atoms with Crippen LogP contribution in [0.25, 0.3) is 0 Å². The summed E-state index contributed by atoms with van der Waals surface area (Å²) in [5.74, 6) is -0.699. The van der Waals surface area contributed by atoms with Crippen molar-refractivity contribution >= 4 is 12.1 Å². The van der Waals surface area contributed by atoms with Crippen LogP contribution in [0.4, 0.5) is 4.79 Å². The highest BCUT2D eigenvalue weighted by molar-refractivity contribution is 5.74. The number of ether oxygens (including phenoxy) is 1. The molecule has 0 aliphatic carbocycles. The van der Waals surface area contributed by atoms with E-state index in [0.717, 1.165) is 0 Å². The number of likely N-dealkylation sites (tertiary alicyclic amines) is 1. The molecule has 3 N–H and O–H groups in total. The molecule has 1 fully saturated rings. The highest BCUT2D eigenvalue weighted by Gasteiger charge is 2.34. The number of carboxylic acid groups (broad SMARTS) is 1. The highest BCUT2D eigenvalue weighted by Crippen LogP contribution is 2.17. The lowest BCUT2D eigenvalue weighted by Crippen LogP contribution is -2.52. The predicted octanol–water partition coefficient (Wildman–Crippen LogP) is -0.123. The van der Waals surface area contributed by atoms with E-state index in [1.165, 1.54) is 4.90 Å². The summed E-state index contributed by atoms with van der Waals surface area (Å²) >= 11 is 0. The normalized spacial score (nSPS) is 26.1. The number of nitrogens with zero attached hydrogens (tertiary/aromatic N) is 1. The second-order valence-electron chi connectivity index (χ2n) is 3.54. The van der Waals surface area contributed by atoms with Crippen molar-refractivity contribution in [2.75, 3.05) is 19.7 Å². The van der Waals surface area contributed by atoms with Crippen molar-refractivity contribution < 1.29 is 19.4 Å². The highest BCUT2D eigenvalue weighted by atomic mass is 16.5. The van der Waals surface area contributed by atoms with Crippen molar-refractivity contribution in [1.82, 2.24) is 4.90 Å². The monoisotopic (exact) mass is 216 g/mol. The maximum absolute atomic E-state index is 11.4. The van der Waals surface area contributed by atoms with E-state index in [0.29, 0.717) is 19.6 Å². The van der Waals surface area contributed by atoms with Gasteiger partial charge in [-0.25, -0.2) is 4.79 Å². The molecule has 2 unspecified atom stereocenters. The molecular formula is C9H16N2O4. The van der Waals surface area contributed by atoms with E-state index in [-0.39, 0.29) is 18.4 Å². The fourth-order valence-corrected chi connectivity index (χ4v) is 1.70. The molecule has 1 amide bonds. The molecule has 1 aliphatic heterocycles. The Morgan fingerprint density at radius 2 is 2.27 bits per heavy atom. The number of hydrogen-bond donors (Lipinski definition) is 2. The Morgan fingerprint density at radius 3 is 2.73 bits per heavy atom. The van der Waals surface area contributed by atoms with Crippen molar-refractivity contribution in [3.05, 3.63) is 0 Å². The summed E-state index contributed by atoms with van der Waals surface area (Å²) in [5.41, 5.74) is 5.73. The van der Waals surface area contributed by atoms with Gasteiger partial charge in [0.1, 0.15) is 0 Å². The number of nitrogens with two attached hydrogens (primary N) is 1. The number of amides is 1. The fourth-order valence-electron chi connectivity index (χ4n) is 1.70. The van der Waals surface area contributed by atoms with Gasteiger partial charge in [0.25, 0.3) is 0 Å². The van der Waals surface area contributed by atoms with Gasteiger partial charge in [0, 0.05) is 19.1 Å². The van der Waals surface area contributed by atoms with Gasteiger partial charge in [-0.05, 0) is 13.3 Å². The lowest BCUT2D eigenvalue weighted by molar-refractivity contribution is -0.150. The standard InChI is InChI=1S/C9H16N2O4/c1-2-15-8(12)6-3-4-11(9(13)14)5-7(6)10/h6-7H,2-5,10H2,1H3,(H,13,14). The molecule has 0 aromatic heterocycles. The summed E-state index contributed by atoms with van der Waals surface area (Å²) in [6.45, 7) is 2.59. The number of carbonyl (C=O) groups excluding carboxylic acids is 1. The van der Waals surface area contributed by atoms with Crippen LogP contribution in [-0.4, -0.2) is 47.8 Å². The van der Waals surface area contributed by atoms with E-state index in [1.807, 2.05) is 0 Å². The van der Waals surface area contributed by atoms with Crippen LogP contribution in [-0.2, 0) is 9.53 Å². The number of hydrogen-bond acceptors (Lipinski definition) is 4. The average molecular weight is 216 g/mol. The van der Waals surface area contributed by atoms with Crippen LogP contribution in [0.1, 0.15) is 13.3 Å². The van der Waals surface area contributed by atoms with Crippen LogP contribution in [0.3, 0.4) is 0 Å². The lowest BCUT2D eigenvalue weighted by atomic mass is 9.92. The maximum Gasteiger partial charge on any atom is 0.407 e. The van der Waals surface area contributed by atoms with Crippen molar-refractivity contribution in [2.24, 2.45) is 11.7 Å². The molecule has 1 rings (SSSR count). The first-order chi connectivity index (χ1) is 7.06. The second-order valence-corrected chi connectivity index (χ2v) is 3.54. The van der Waals surface area contributed by atoms with Crippen LogP contribution in [0, 0.1) is 5.92 Å². The van der Waals surface area contributed by atoms with E-state index in [9.17, 15) is 9.59 Å². The molecule has 1 aliphatic rings. The largest absolute Gasteiger partial charge is 0.466 e. The summed E-state index contributed by atoms with van der Waals surface area (Å²) < 4.78 is 4.86. The third-order valence-electron chi connectivity index (χ3n) is 2.52. The van der Waals surface area contributed by atoms with Crippen molar-refractivity contribution in [3.63, 3.8) is 0 Å². The molecule has 6 heteroatoms. The molecule has 1 saturated heterocycles. The molecule has 0 radical (unpaired) electrons. The number of carbonyl (C=O) groups is 2. The third kappa shape index (κ3) is 2.82. The summed E-state index contributed by atoms with van der Waals surface area (Å²) in [4.78, 5) is 23.3. The first kappa shape index (κ1) is 11.8. The van der Waals surface area contributed by atoms with Gasteiger partial charge in [0.2, 0.25) is 0 Å². The van der Waals surface area contributed by atoms with E-state index in [2.05, 4.69) is 0 Å². The summed E-state index contributed by atoms with van der Waals surface area (Å²) in [7, 11) is 0. The van der Waals surface area contributed by atoms with Crippen molar-refractivity contribution in [3.8, 4) is 0 Å². The quantitative estimate of drug-likeness (QED) is 0.627. The molecule has 1 heterocycles. The van der Waals surface area contributed by atoms with Crippen molar-refractivity contribution in [1.29, 1.82) is 0 Å². The maximum atomic E-state index is 11.4. The fraction of sp³-hybridized carbons (Fsp3) is 0.778. The summed E-state index contributed by atoms with van der Waals surface area (Å²) in [6, 6.07) is -0.464. The number of esters is 1. The molecule has 15 heavy (non-hydrogen) atoms. The zero-order valence-corrected chi connectivity index (χ0v) is 8.68. The van der Waals surface area contributed by atoms with E-state index < -0.39 is 12.1 Å². The topological polar surface area (TPSA) is 92.9 Å². The second kappa shape index (κ2) is 4.97. The van der Waals surface area contributed by atoms with Gasteiger partial charge in [-0.1, -0.05) is 0 Å². The Kier molecular flexibility index (Phi) is 3.90. The Hall–Kier alpha value is -1.30. The van der Waals surface area contributed by atoms with Crippen LogP contribution in [0.2, 0.25) is 0 Å². The number of piperidine rings is 1. The molecule has 2 atom stereocenters. The zero-order valence-electron chi connectivity index (χ0n) is 8.68. The Morgan fingerprint density at radius 1 is 1.60 bits per heavy atom. The predicted molar refractivity (Wildman–Crippen MR) is 52.3 cm³/mol. The Labute approximate surface area is 88.0 Å². The minimum absolute atomic E-state index is 0.193. The zero-order chi connectivity index (χ0) is 11.4. The third-order valence-corrected chi connectivity index (χ3v) is 2.52. The smallest absolute Gasteiger partial charge is 0.407 e. The SMILES string of the molecule is CCOC(=O)C1CCN(C(=O)O)CC1N. The van der Waals surface area contributed by atoms with Crippen LogP contribution >= 0.6 is 0 Å². The molecule has 86 valence electrons. The average Bonchev–Trinajstić information content (AvgIpc) is 2.17. The molecule has 6 nitrogen and oxygen atoms in total. The molecule has 0 spiro atoms. The van der Waals surface area contributed by atoms with E-state index in [4.69, 9.17) is 15.6 Å². The van der Waals surface area contributed by atoms with Crippen LogP contribution in [0.5, 0.6) is 0 Å². The Bertz CT molecular complexity index is 256. The minimum atomic E-state index is -0.993. The van der Waals surface area contributed by atoms with Gasteiger partial charge >= 0.3 is 12.1 Å². The summed E-state index contributed by atoms with van der Waals surface area (Å²) in [6.07, 6.45) is -0.556. The van der Waals surface area contributed by atoms with E-state index in [1.54, 1.807) is 6.92 Å². The first-order valence-corrected chi connectivity index (χ1v) is 4.96. The minimum Gasteiger partial charge on any atom is -0.466 e. The first-order valence-electron chi connectivity index (χ1n) is 4.96. The van der Waals surface area contributed by atoms with Gasteiger partial charge in [-0.2, -0.15) is 0 Å². The van der Waals surface area contributed by atoms with Crippen LogP contribution in [0.15, 0.2) is 0 Å². The molecule has 0 saturated carbocycles. The van der Waals surface area contributed by atoms with Crippen LogP contribution < -0.4 is 5.73 Å². The van der Waals surface area contributed by atoms with E-state index >= 15 is 0 Å². The van der Waals surface area contributed by atoms with Gasteiger partial charge in [0.05, 0.1) is 12.5 Å². The van der Waals surface area contributed by atoms with Gasteiger partial charge in [-0.15, -0.1) is 0 Å². The summed E-state index contributed by atoms with van der Waals surface area (Å²) in [5, 5.41) is 8.74. The molecule has 0 aromatic carbocycles. The molecule has 0 aromatic rings.